The van der Waals surface area contributed by atoms with Crippen molar-refractivity contribution in [2.75, 3.05) is 19.6 Å². The van der Waals surface area contributed by atoms with E-state index in [0.29, 0.717) is 13.1 Å². The Morgan fingerprint density at radius 1 is 1.19 bits per heavy atom. The number of nitrogens with one attached hydrogen (secondary N) is 1. The van der Waals surface area contributed by atoms with Crippen LogP contribution in [0.5, 0.6) is 0 Å². The maximum atomic E-state index is 13.2. The van der Waals surface area contributed by atoms with Gasteiger partial charge in [-0.05, 0) is 43.4 Å². The predicted molar refractivity (Wildman–Crippen MR) is 104 cm³/mol. The lowest BCUT2D eigenvalue weighted by atomic mass is 9.64. The fourth-order valence-corrected chi connectivity index (χ4v) is 4.23. The number of rotatable bonds is 4. The van der Waals surface area contributed by atoms with E-state index in [1.807, 2.05) is 37.8 Å². The van der Waals surface area contributed by atoms with E-state index in [1.165, 1.54) is 12.1 Å². The van der Waals surface area contributed by atoms with Gasteiger partial charge in [-0.15, -0.1) is 0 Å². The van der Waals surface area contributed by atoms with Crippen molar-refractivity contribution in [1.82, 2.24) is 10.2 Å². The summed E-state index contributed by atoms with van der Waals surface area (Å²) in [7, 11) is 0. The van der Waals surface area contributed by atoms with Gasteiger partial charge in [0.15, 0.2) is 0 Å². The summed E-state index contributed by atoms with van der Waals surface area (Å²) in [6, 6.07) is 6.67. The van der Waals surface area contributed by atoms with Crippen LogP contribution in [-0.2, 0) is 15.0 Å². The van der Waals surface area contributed by atoms with Gasteiger partial charge in [0.25, 0.3) is 0 Å². The largest absolute Gasteiger partial charge is 0.355 e. The number of amides is 2. The third-order valence-electron chi connectivity index (χ3n) is 6.09. The molecule has 1 N–H and O–H groups in total. The molecule has 1 atom stereocenters. The highest BCUT2D eigenvalue weighted by Gasteiger charge is 2.40. The van der Waals surface area contributed by atoms with Crippen LogP contribution < -0.4 is 5.32 Å². The molecule has 1 unspecified atom stereocenters. The van der Waals surface area contributed by atoms with Crippen LogP contribution in [0.2, 0.25) is 0 Å². The Labute approximate surface area is 161 Å². The van der Waals surface area contributed by atoms with Crippen LogP contribution >= 0.6 is 0 Å². The molecule has 2 aliphatic rings. The van der Waals surface area contributed by atoms with Gasteiger partial charge < -0.3 is 10.2 Å². The highest BCUT2D eigenvalue weighted by Crippen LogP contribution is 2.43. The highest BCUT2D eigenvalue weighted by molar-refractivity contribution is 5.84. The predicted octanol–water partition coefficient (Wildman–Crippen LogP) is 3.65. The van der Waals surface area contributed by atoms with Crippen molar-refractivity contribution in [2.24, 2.45) is 11.3 Å². The first kappa shape index (κ1) is 19.8. The van der Waals surface area contributed by atoms with Crippen molar-refractivity contribution in [3.05, 3.63) is 35.6 Å². The van der Waals surface area contributed by atoms with Gasteiger partial charge in [0.2, 0.25) is 11.8 Å². The summed E-state index contributed by atoms with van der Waals surface area (Å²) < 4.78 is 13.2. The van der Waals surface area contributed by atoms with E-state index in [1.54, 1.807) is 0 Å². The molecule has 1 aliphatic heterocycles. The van der Waals surface area contributed by atoms with Crippen molar-refractivity contribution in [3.63, 3.8) is 0 Å². The maximum Gasteiger partial charge on any atom is 0.227 e. The van der Waals surface area contributed by atoms with E-state index in [2.05, 4.69) is 5.32 Å². The molecule has 1 heterocycles. The molecule has 0 aromatic heterocycles. The second kappa shape index (κ2) is 7.61. The van der Waals surface area contributed by atoms with Gasteiger partial charge in [-0.3, -0.25) is 9.59 Å². The lowest BCUT2D eigenvalue weighted by molar-refractivity contribution is -0.142. The lowest BCUT2D eigenvalue weighted by Gasteiger charge is -2.43. The Kier molecular flexibility index (Phi) is 5.59. The van der Waals surface area contributed by atoms with Gasteiger partial charge in [0, 0.05) is 30.5 Å². The first-order valence-corrected chi connectivity index (χ1v) is 10.0. The number of hydrogen-bond acceptors (Lipinski definition) is 2. The maximum absolute atomic E-state index is 13.2. The molecule has 5 heteroatoms. The van der Waals surface area contributed by atoms with E-state index in [0.717, 1.165) is 44.2 Å². The van der Waals surface area contributed by atoms with E-state index < -0.39 is 5.41 Å². The summed E-state index contributed by atoms with van der Waals surface area (Å²) in [6.45, 7) is 7.58. The van der Waals surface area contributed by atoms with E-state index >= 15 is 0 Å². The van der Waals surface area contributed by atoms with Gasteiger partial charge in [0.05, 0.1) is 5.92 Å². The number of likely N-dealkylation sites (tertiary alicyclic amines) is 1. The van der Waals surface area contributed by atoms with E-state index in [-0.39, 0.29) is 29.0 Å². The molecule has 3 rings (SSSR count). The summed E-state index contributed by atoms with van der Waals surface area (Å²) in [5.41, 5.74) is 0.610. The number of hydrogen-bond donors (Lipinski definition) is 1. The topological polar surface area (TPSA) is 49.4 Å². The molecular formula is C22H31FN2O2. The molecule has 0 bridgehead atoms. The van der Waals surface area contributed by atoms with Crippen molar-refractivity contribution >= 4 is 11.8 Å². The molecule has 27 heavy (non-hydrogen) atoms. The normalized spacial score (nSPS) is 22.1. The number of piperidine rings is 1. The molecule has 1 aromatic rings. The highest BCUT2D eigenvalue weighted by atomic mass is 19.1. The molecule has 0 radical (unpaired) electrons. The van der Waals surface area contributed by atoms with Crippen molar-refractivity contribution < 1.29 is 14.0 Å². The van der Waals surface area contributed by atoms with Gasteiger partial charge >= 0.3 is 0 Å². The van der Waals surface area contributed by atoms with Crippen LogP contribution in [-0.4, -0.2) is 36.3 Å². The number of halogens is 1. The van der Waals surface area contributed by atoms with Crippen LogP contribution in [0.15, 0.2) is 24.3 Å². The van der Waals surface area contributed by atoms with Crippen LogP contribution in [0, 0.1) is 17.2 Å². The fraction of sp³-hybridized carbons (Fsp3) is 0.636. The fourth-order valence-electron chi connectivity index (χ4n) is 4.23. The minimum absolute atomic E-state index is 0.0368. The zero-order chi connectivity index (χ0) is 19.7. The Balaban J connectivity index is 1.60. The third-order valence-corrected chi connectivity index (χ3v) is 6.09. The smallest absolute Gasteiger partial charge is 0.227 e. The van der Waals surface area contributed by atoms with Crippen LogP contribution in [0.4, 0.5) is 4.39 Å². The zero-order valence-electron chi connectivity index (χ0n) is 16.7. The second-order valence-electron chi connectivity index (χ2n) is 9.20. The van der Waals surface area contributed by atoms with Gasteiger partial charge in [-0.25, -0.2) is 4.39 Å². The third kappa shape index (κ3) is 4.33. The number of carbonyl (C=O) groups excluding carboxylic acids is 2. The van der Waals surface area contributed by atoms with Gasteiger partial charge in [-0.1, -0.05) is 39.3 Å². The monoisotopic (exact) mass is 374 g/mol. The summed E-state index contributed by atoms with van der Waals surface area (Å²) in [6.07, 6.45) is 4.84. The van der Waals surface area contributed by atoms with Crippen LogP contribution in [0.25, 0.3) is 0 Å². The van der Waals surface area contributed by atoms with Gasteiger partial charge in [-0.2, -0.15) is 0 Å². The Morgan fingerprint density at radius 3 is 2.41 bits per heavy atom. The summed E-state index contributed by atoms with van der Waals surface area (Å²) in [5.74, 6) is -0.227. The Morgan fingerprint density at radius 2 is 1.85 bits per heavy atom. The molecule has 1 aliphatic carbocycles. The average Bonchev–Trinajstić information content (AvgIpc) is 2.60. The number of benzene rings is 1. The molecule has 1 saturated carbocycles. The summed E-state index contributed by atoms with van der Waals surface area (Å²) in [5, 5.41) is 3.14. The minimum atomic E-state index is -0.420. The summed E-state index contributed by atoms with van der Waals surface area (Å²) >= 11 is 0. The number of carbonyl (C=O) groups is 2. The Bertz CT molecular complexity index is 689. The van der Waals surface area contributed by atoms with Crippen LogP contribution in [0.1, 0.15) is 58.4 Å². The standard InChI is InChI=1S/C22H31FN2O2/c1-21(2,3)20(27)25-13-4-6-16(14-25)19(26)24-15-22(11-5-12-22)17-7-9-18(23)10-8-17/h7-10,16H,4-6,11-15H2,1-3H3,(H,24,26). The molecular weight excluding hydrogens is 343 g/mol. The van der Waals surface area contributed by atoms with E-state index in [4.69, 9.17) is 0 Å². The number of nitrogens with zero attached hydrogens (tertiary/aromatic N) is 1. The first-order valence-electron chi connectivity index (χ1n) is 10.0. The molecule has 1 saturated heterocycles. The summed E-state index contributed by atoms with van der Waals surface area (Å²) in [4.78, 5) is 27.2. The van der Waals surface area contributed by atoms with Crippen molar-refractivity contribution in [2.45, 2.75) is 58.3 Å². The van der Waals surface area contributed by atoms with Crippen molar-refractivity contribution in [3.8, 4) is 0 Å². The Hall–Kier alpha value is -1.91. The van der Waals surface area contributed by atoms with Crippen molar-refractivity contribution in [1.29, 1.82) is 0 Å². The quantitative estimate of drug-likeness (QED) is 0.875. The zero-order valence-corrected chi connectivity index (χ0v) is 16.7. The van der Waals surface area contributed by atoms with Crippen LogP contribution in [0.3, 0.4) is 0 Å². The molecule has 2 amide bonds. The molecule has 1 aromatic carbocycles. The molecule has 2 fully saturated rings. The van der Waals surface area contributed by atoms with E-state index in [9.17, 15) is 14.0 Å². The SMILES string of the molecule is CC(C)(C)C(=O)N1CCCC(C(=O)NCC2(c3ccc(F)cc3)CCC2)C1. The molecule has 0 spiro atoms. The first-order chi connectivity index (χ1) is 12.7. The lowest BCUT2D eigenvalue weighted by Crippen LogP contribution is -2.51. The van der Waals surface area contributed by atoms with Gasteiger partial charge in [0.1, 0.15) is 5.82 Å². The average molecular weight is 375 g/mol. The minimum Gasteiger partial charge on any atom is -0.355 e. The molecule has 148 valence electrons. The molecule has 4 nitrogen and oxygen atoms in total. The second-order valence-corrected chi connectivity index (χ2v) is 9.20.